The molecule has 1 fully saturated rings. The van der Waals surface area contributed by atoms with Gasteiger partial charge in [-0.05, 0) is 57.3 Å². The maximum atomic E-state index is 12.8. The van der Waals surface area contributed by atoms with Crippen LogP contribution in [0.1, 0.15) is 162 Å². The van der Waals surface area contributed by atoms with Gasteiger partial charge in [0.25, 0.3) is 0 Å². The van der Waals surface area contributed by atoms with Crippen molar-refractivity contribution in [2.75, 3.05) is 0 Å². The molecule has 35 heavy (non-hydrogen) atoms. The summed E-state index contributed by atoms with van der Waals surface area (Å²) in [4.78, 5) is 24.0. The van der Waals surface area contributed by atoms with E-state index in [1.54, 1.807) is 0 Å². The first kappa shape index (κ1) is 32.0. The fraction of sp³-hybridized carbons (Fsp3) is 0.935. The van der Waals surface area contributed by atoms with Gasteiger partial charge >= 0.3 is 11.9 Å². The lowest BCUT2D eigenvalue weighted by atomic mass is 9.82. The van der Waals surface area contributed by atoms with E-state index < -0.39 is 5.97 Å². The molecule has 1 unspecified atom stereocenters. The van der Waals surface area contributed by atoms with E-state index in [0.29, 0.717) is 25.7 Å². The number of rotatable bonds is 22. The standard InChI is InChI=1S/C31H58O4/c1-4-5-6-7-10-14-17-20-29(21-18-15-12-9-8-11-13-16-19-26(2)3)35-31(34)28-24-22-27(23-25-28)30(32)33/h26-29H,4-25H2,1-3H3,(H,32,33). The van der Waals surface area contributed by atoms with Crippen molar-refractivity contribution in [3.8, 4) is 0 Å². The quantitative estimate of drug-likeness (QED) is 0.120. The molecule has 1 aliphatic rings. The SMILES string of the molecule is CCCCCCCCCC(CCCCCCCCCCC(C)C)OC(=O)C1CCC(C(=O)O)CC1. The summed E-state index contributed by atoms with van der Waals surface area (Å²) in [5.74, 6) is -0.333. The van der Waals surface area contributed by atoms with Gasteiger partial charge in [-0.2, -0.15) is 0 Å². The Kier molecular flexibility index (Phi) is 19.2. The summed E-state index contributed by atoms with van der Waals surface area (Å²) in [6, 6.07) is 0. The molecule has 0 bridgehead atoms. The number of aliphatic carboxylic acids is 1. The summed E-state index contributed by atoms with van der Waals surface area (Å²) in [6.07, 6.45) is 25.4. The van der Waals surface area contributed by atoms with Crippen LogP contribution in [0.2, 0.25) is 0 Å². The first-order valence-electron chi connectivity index (χ1n) is 15.4. The number of carbonyl (C=O) groups excluding carboxylic acids is 1. The second-order valence-corrected chi connectivity index (χ2v) is 11.7. The molecule has 0 spiro atoms. The summed E-state index contributed by atoms with van der Waals surface area (Å²) in [7, 11) is 0. The number of carbonyl (C=O) groups is 2. The molecule has 0 aliphatic heterocycles. The molecule has 206 valence electrons. The Morgan fingerprint density at radius 3 is 1.49 bits per heavy atom. The van der Waals surface area contributed by atoms with Crippen LogP contribution in [0.4, 0.5) is 0 Å². The van der Waals surface area contributed by atoms with Crippen LogP contribution in [-0.4, -0.2) is 23.1 Å². The van der Waals surface area contributed by atoms with Gasteiger partial charge in [0.05, 0.1) is 11.8 Å². The predicted octanol–water partition coefficient (Wildman–Crippen LogP) is 9.49. The average molecular weight is 495 g/mol. The van der Waals surface area contributed by atoms with Crippen LogP contribution in [0.25, 0.3) is 0 Å². The molecular weight excluding hydrogens is 436 g/mol. The number of esters is 1. The zero-order chi connectivity index (χ0) is 25.7. The van der Waals surface area contributed by atoms with E-state index >= 15 is 0 Å². The van der Waals surface area contributed by atoms with Crippen molar-refractivity contribution in [3.63, 3.8) is 0 Å². The first-order chi connectivity index (χ1) is 16.9. The molecule has 1 N–H and O–H groups in total. The molecule has 1 aliphatic carbocycles. The van der Waals surface area contributed by atoms with Crippen LogP contribution < -0.4 is 0 Å². The van der Waals surface area contributed by atoms with Gasteiger partial charge in [0.1, 0.15) is 6.10 Å². The largest absolute Gasteiger partial charge is 0.481 e. The van der Waals surface area contributed by atoms with Crippen LogP contribution in [-0.2, 0) is 14.3 Å². The topological polar surface area (TPSA) is 63.6 Å². The number of hydrogen-bond donors (Lipinski definition) is 1. The Bertz CT molecular complexity index is 522. The molecule has 1 atom stereocenters. The second-order valence-electron chi connectivity index (χ2n) is 11.7. The lowest BCUT2D eigenvalue weighted by Gasteiger charge is -2.27. The maximum Gasteiger partial charge on any atom is 0.309 e. The molecule has 0 aromatic heterocycles. The Balaban J connectivity index is 2.28. The highest BCUT2D eigenvalue weighted by Crippen LogP contribution is 2.30. The van der Waals surface area contributed by atoms with E-state index in [0.717, 1.165) is 31.6 Å². The number of ether oxygens (including phenoxy) is 1. The zero-order valence-corrected chi connectivity index (χ0v) is 23.5. The van der Waals surface area contributed by atoms with Gasteiger partial charge in [0.15, 0.2) is 0 Å². The molecule has 4 heteroatoms. The van der Waals surface area contributed by atoms with Crippen LogP contribution in [0.3, 0.4) is 0 Å². The van der Waals surface area contributed by atoms with Gasteiger partial charge in [0.2, 0.25) is 0 Å². The minimum absolute atomic E-state index is 0.0476. The summed E-state index contributed by atoms with van der Waals surface area (Å²) in [6.45, 7) is 6.87. The van der Waals surface area contributed by atoms with E-state index in [1.165, 1.54) is 89.9 Å². The van der Waals surface area contributed by atoms with Crippen molar-refractivity contribution in [1.82, 2.24) is 0 Å². The smallest absolute Gasteiger partial charge is 0.309 e. The van der Waals surface area contributed by atoms with Crippen molar-refractivity contribution in [2.45, 2.75) is 168 Å². The lowest BCUT2D eigenvalue weighted by molar-refractivity contribution is -0.158. The predicted molar refractivity (Wildman–Crippen MR) is 147 cm³/mol. The van der Waals surface area contributed by atoms with Gasteiger partial charge < -0.3 is 9.84 Å². The van der Waals surface area contributed by atoms with Crippen molar-refractivity contribution in [2.24, 2.45) is 17.8 Å². The molecule has 0 radical (unpaired) electrons. The number of unbranched alkanes of at least 4 members (excludes halogenated alkanes) is 13. The maximum absolute atomic E-state index is 12.8. The van der Waals surface area contributed by atoms with Gasteiger partial charge in [0, 0.05) is 0 Å². The highest BCUT2D eigenvalue weighted by Gasteiger charge is 2.31. The minimum Gasteiger partial charge on any atom is -0.481 e. The van der Waals surface area contributed by atoms with Crippen molar-refractivity contribution >= 4 is 11.9 Å². The molecule has 1 saturated carbocycles. The van der Waals surface area contributed by atoms with Gasteiger partial charge in [-0.25, -0.2) is 0 Å². The molecule has 0 aromatic rings. The first-order valence-corrected chi connectivity index (χ1v) is 15.4. The second kappa shape index (κ2) is 21.1. The fourth-order valence-corrected chi connectivity index (χ4v) is 5.41. The summed E-state index contributed by atoms with van der Waals surface area (Å²) < 4.78 is 6.04. The van der Waals surface area contributed by atoms with Gasteiger partial charge in [-0.15, -0.1) is 0 Å². The van der Waals surface area contributed by atoms with Crippen molar-refractivity contribution in [3.05, 3.63) is 0 Å². The van der Waals surface area contributed by atoms with Crippen molar-refractivity contribution < 1.29 is 19.4 Å². The summed E-state index contributed by atoms with van der Waals surface area (Å²) >= 11 is 0. The highest BCUT2D eigenvalue weighted by atomic mass is 16.5. The van der Waals surface area contributed by atoms with Crippen LogP contribution >= 0.6 is 0 Å². The molecule has 0 heterocycles. The molecule has 0 amide bonds. The van der Waals surface area contributed by atoms with Gasteiger partial charge in [-0.3, -0.25) is 9.59 Å². The molecular formula is C31H58O4. The third kappa shape index (κ3) is 17.1. The molecule has 0 aromatic carbocycles. The Morgan fingerprint density at radius 2 is 1.06 bits per heavy atom. The monoisotopic (exact) mass is 494 g/mol. The Labute approximate surface area is 217 Å². The number of carboxylic acids is 1. The zero-order valence-electron chi connectivity index (χ0n) is 23.5. The highest BCUT2D eigenvalue weighted by molar-refractivity contribution is 5.74. The van der Waals surface area contributed by atoms with Crippen LogP contribution in [0.15, 0.2) is 0 Å². The average Bonchev–Trinajstić information content (AvgIpc) is 2.84. The van der Waals surface area contributed by atoms with E-state index in [2.05, 4.69) is 20.8 Å². The van der Waals surface area contributed by atoms with E-state index in [-0.39, 0.29) is 23.9 Å². The number of hydrogen-bond acceptors (Lipinski definition) is 3. The van der Waals surface area contributed by atoms with E-state index in [9.17, 15) is 14.7 Å². The van der Waals surface area contributed by atoms with E-state index in [1.807, 2.05) is 0 Å². The summed E-state index contributed by atoms with van der Waals surface area (Å²) in [5.41, 5.74) is 0. The lowest BCUT2D eigenvalue weighted by Crippen LogP contribution is -2.29. The fourth-order valence-electron chi connectivity index (χ4n) is 5.41. The normalized spacial score (nSPS) is 19.1. The Hall–Kier alpha value is -1.06. The van der Waals surface area contributed by atoms with Gasteiger partial charge in [-0.1, -0.05) is 111 Å². The third-order valence-corrected chi connectivity index (χ3v) is 7.88. The van der Waals surface area contributed by atoms with Crippen molar-refractivity contribution in [1.29, 1.82) is 0 Å². The Morgan fingerprint density at radius 1 is 0.657 bits per heavy atom. The third-order valence-electron chi connectivity index (χ3n) is 7.88. The molecule has 4 nitrogen and oxygen atoms in total. The van der Waals surface area contributed by atoms with Crippen LogP contribution in [0.5, 0.6) is 0 Å². The summed E-state index contributed by atoms with van der Waals surface area (Å²) in [5, 5.41) is 9.21. The van der Waals surface area contributed by atoms with E-state index in [4.69, 9.17) is 4.74 Å². The minimum atomic E-state index is -0.718. The molecule has 1 rings (SSSR count). The number of carboxylic acid groups (broad SMARTS) is 1. The molecule has 0 saturated heterocycles. The van der Waals surface area contributed by atoms with Crippen LogP contribution in [0, 0.1) is 17.8 Å².